The molecule has 2 rings (SSSR count). The van der Waals surface area contributed by atoms with Gasteiger partial charge in [-0.1, -0.05) is 23.7 Å². The molecule has 1 radical (unpaired) electrons. The fourth-order valence-electron chi connectivity index (χ4n) is 1.15. The summed E-state index contributed by atoms with van der Waals surface area (Å²) in [5.74, 6) is 0. The van der Waals surface area contributed by atoms with Crippen molar-refractivity contribution in [3.63, 3.8) is 0 Å². The maximum Gasteiger partial charge on any atom is 0.121 e. The van der Waals surface area contributed by atoms with E-state index >= 15 is 0 Å². The summed E-state index contributed by atoms with van der Waals surface area (Å²) in [5.41, 5.74) is 2.07. The van der Waals surface area contributed by atoms with Crippen molar-refractivity contribution in [1.82, 2.24) is 9.78 Å². The molecule has 0 aliphatic heterocycles. The molecule has 1 aromatic heterocycles. The molecule has 0 saturated heterocycles. The van der Waals surface area contributed by atoms with Crippen molar-refractivity contribution in [2.45, 2.75) is 0 Å². The highest BCUT2D eigenvalue weighted by molar-refractivity contribution is 6.30. The minimum atomic E-state index is 0.743. The predicted molar refractivity (Wildman–Crippen MR) is 52.5 cm³/mol. The van der Waals surface area contributed by atoms with E-state index in [4.69, 9.17) is 11.6 Å². The van der Waals surface area contributed by atoms with Crippen LogP contribution in [0.5, 0.6) is 0 Å². The molecular formula is C10H8ClN2. The molecule has 2 aromatic rings. The first-order valence-electron chi connectivity index (χ1n) is 3.93. The summed E-state index contributed by atoms with van der Waals surface area (Å²) in [6, 6.07) is 7.63. The van der Waals surface area contributed by atoms with E-state index < -0.39 is 0 Å². The topological polar surface area (TPSA) is 17.8 Å². The van der Waals surface area contributed by atoms with Gasteiger partial charge in [0.25, 0.3) is 0 Å². The predicted octanol–water partition coefficient (Wildman–Crippen LogP) is 2.54. The molecule has 0 aliphatic rings. The first-order valence-corrected chi connectivity index (χ1v) is 4.31. The average molecular weight is 192 g/mol. The molecule has 0 bridgehead atoms. The third-order valence-electron chi connectivity index (χ3n) is 1.80. The van der Waals surface area contributed by atoms with Crippen molar-refractivity contribution in [2.75, 3.05) is 0 Å². The summed E-state index contributed by atoms with van der Waals surface area (Å²) in [5, 5.41) is 4.72. The Hall–Kier alpha value is -1.28. The van der Waals surface area contributed by atoms with Gasteiger partial charge in [-0.2, -0.15) is 5.10 Å². The lowest BCUT2D eigenvalue weighted by Crippen LogP contribution is -1.84. The molecule has 0 amide bonds. The highest BCUT2D eigenvalue weighted by Gasteiger charge is 1.99. The van der Waals surface area contributed by atoms with Crippen molar-refractivity contribution in [1.29, 1.82) is 0 Å². The van der Waals surface area contributed by atoms with Crippen LogP contribution < -0.4 is 0 Å². The highest BCUT2D eigenvalue weighted by atomic mass is 35.5. The second kappa shape index (κ2) is 3.23. The lowest BCUT2D eigenvalue weighted by Gasteiger charge is -1.95. The van der Waals surface area contributed by atoms with Gasteiger partial charge in [-0.25, -0.2) is 0 Å². The number of aryl methyl sites for hydroxylation is 1. The molecule has 0 spiro atoms. The van der Waals surface area contributed by atoms with Crippen molar-refractivity contribution < 1.29 is 0 Å². The number of hydrogen-bond acceptors (Lipinski definition) is 1. The van der Waals surface area contributed by atoms with E-state index in [9.17, 15) is 0 Å². The maximum atomic E-state index is 5.77. The van der Waals surface area contributed by atoms with Crippen LogP contribution in [-0.4, -0.2) is 9.78 Å². The van der Waals surface area contributed by atoms with Crippen LogP contribution in [0.1, 0.15) is 0 Å². The van der Waals surface area contributed by atoms with Gasteiger partial charge in [0, 0.05) is 23.8 Å². The monoisotopic (exact) mass is 191 g/mol. The molecule has 0 atom stereocenters. The number of hydrogen-bond donors (Lipinski definition) is 0. The fraction of sp³-hybridized carbons (Fsp3) is 0.100. The van der Waals surface area contributed by atoms with Gasteiger partial charge in [0.2, 0.25) is 0 Å². The third-order valence-corrected chi connectivity index (χ3v) is 2.05. The van der Waals surface area contributed by atoms with Gasteiger partial charge in [-0.3, -0.25) is 4.68 Å². The van der Waals surface area contributed by atoms with Gasteiger partial charge in [-0.15, -0.1) is 0 Å². The number of rotatable bonds is 1. The van der Waals surface area contributed by atoms with E-state index in [0.29, 0.717) is 0 Å². The molecule has 13 heavy (non-hydrogen) atoms. The van der Waals surface area contributed by atoms with Crippen molar-refractivity contribution in [3.8, 4) is 11.1 Å². The van der Waals surface area contributed by atoms with E-state index in [1.54, 1.807) is 4.68 Å². The number of benzene rings is 1. The largest absolute Gasteiger partial charge is 0.274 e. The molecule has 0 fully saturated rings. The Balaban J connectivity index is 2.41. The minimum Gasteiger partial charge on any atom is -0.274 e. The lowest BCUT2D eigenvalue weighted by molar-refractivity contribution is 0.765. The Bertz CT molecular complexity index is 403. The van der Waals surface area contributed by atoms with Crippen molar-refractivity contribution in [3.05, 3.63) is 41.7 Å². The van der Waals surface area contributed by atoms with E-state index in [0.717, 1.165) is 16.1 Å². The van der Waals surface area contributed by atoms with Crippen LogP contribution >= 0.6 is 11.6 Å². The summed E-state index contributed by atoms with van der Waals surface area (Å²) < 4.78 is 1.73. The summed E-state index contributed by atoms with van der Waals surface area (Å²) >= 11 is 5.77. The molecule has 0 unspecified atom stereocenters. The zero-order valence-electron chi connectivity index (χ0n) is 7.16. The molecule has 1 heterocycles. The Morgan fingerprint density at radius 2 is 2.00 bits per heavy atom. The van der Waals surface area contributed by atoms with Crippen LogP contribution in [-0.2, 0) is 7.05 Å². The zero-order chi connectivity index (χ0) is 9.26. The van der Waals surface area contributed by atoms with E-state index in [1.807, 2.05) is 37.5 Å². The Morgan fingerprint density at radius 1 is 1.31 bits per heavy atom. The van der Waals surface area contributed by atoms with Gasteiger partial charge in [0.05, 0.1) is 0 Å². The molecule has 0 N–H and O–H groups in total. The van der Waals surface area contributed by atoms with Gasteiger partial charge in [-0.05, 0) is 17.7 Å². The second-order valence-electron chi connectivity index (χ2n) is 2.84. The van der Waals surface area contributed by atoms with Crippen LogP contribution in [0.2, 0.25) is 5.02 Å². The SMILES string of the molecule is Cn1cc(-c2ccc(Cl)cc2)[c]n1. The van der Waals surface area contributed by atoms with E-state index in [2.05, 4.69) is 11.3 Å². The molecule has 0 saturated carbocycles. The van der Waals surface area contributed by atoms with Crippen molar-refractivity contribution >= 4 is 11.6 Å². The summed E-state index contributed by atoms with van der Waals surface area (Å²) in [6.45, 7) is 0. The van der Waals surface area contributed by atoms with Gasteiger partial charge < -0.3 is 0 Å². The Kier molecular flexibility index (Phi) is 2.07. The zero-order valence-corrected chi connectivity index (χ0v) is 7.92. The smallest absolute Gasteiger partial charge is 0.121 e. The second-order valence-corrected chi connectivity index (χ2v) is 3.27. The fourth-order valence-corrected chi connectivity index (χ4v) is 1.27. The van der Waals surface area contributed by atoms with Gasteiger partial charge in [0.15, 0.2) is 0 Å². The number of halogens is 1. The van der Waals surface area contributed by atoms with Crippen LogP contribution in [0, 0.1) is 6.20 Å². The maximum absolute atomic E-state index is 5.77. The first kappa shape index (κ1) is 8.32. The van der Waals surface area contributed by atoms with Crippen LogP contribution in [0.3, 0.4) is 0 Å². The Morgan fingerprint density at radius 3 is 2.54 bits per heavy atom. The van der Waals surface area contributed by atoms with Crippen molar-refractivity contribution in [2.24, 2.45) is 7.05 Å². The molecule has 2 nitrogen and oxygen atoms in total. The highest BCUT2D eigenvalue weighted by Crippen LogP contribution is 2.19. The number of aromatic nitrogens is 2. The summed E-state index contributed by atoms with van der Waals surface area (Å²) in [4.78, 5) is 0. The standard InChI is InChI=1S/C10H8ClN2/c1-13-7-9(6-12-13)8-2-4-10(11)5-3-8/h2-5,7H,1H3. The third kappa shape index (κ3) is 1.73. The number of nitrogens with zero attached hydrogens (tertiary/aromatic N) is 2. The minimum absolute atomic E-state index is 0.743. The molecule has 1 aromatic carbocycles. The van der Waals surface area contributed by atoms with Crippen LogP contribution in [0.4, 0.5) is 0 Å². The van der Waals surface area contributed by atoms with Crippen LogP contribution in [0.15, 0.2) is 30.5 Å². The quantitative estimate of drug-likeness (QED) is 0.678. The molecule has 3 heteroatoms. The first-order chi connectivity index (χ1) is 6.25. The van der Waals surface area contributed by atoms with E-state index in [1.165, 1.54) is 0 Å². The molecule has 0 aliphatic carbocycles. The summed E-state index contributed by atoms with van der Waals surface area (Å²) in [6.07, 6.45) is 4.83. The Labute approximate surface area is 81.8 Å². The summed E-state index contributed by atoms with van der Waals surface area (Å²) in [7, 11) is 1.87. The normalized spacial score (nSPS) is 10.3. The van der Waals surface area contributed by atoms with Crippen LogP contribution in [0.25, 0.3) is 11.1 Å². The van der Waals surface area contributed by atoms with Gasteiger partial charge >= 0.3 is 0 Å². The molecular weight excluding hydrogens is 184 g/mol. The average Bonchev–Trinajstić information content (AvgIpc) is 2.53. The molecule has 65 valence electrons. The lowest BCUT2D eigenvalue weighted by atomic mass is 10.1. The van der Waals surface area contributed by atoms with E-state index in [-0.39, 0.29) is 0 Å². The van der Waals surface area contributed by atoms with Gasteiger partial charge in [0.1, 0.15) is 6.20 Å².